The van der Waals surface area contributed by atoms with Crippen molar-refractivity contribution in [2.24, 2.45) is 0 Å². The molecule has 18 heavy (non-hydrogen) atoms. The van der Waals surface area contributed by atoms with Crippen LogP contribution in [0.5, 0.6) is 0 Å². The van der Waals surface area contributed by atoms with Crippen molar-refractivity contribution >= 4 is 5.91 Å². The van der Waals surface area contributed by atoms with Crippen LogP contribution in [0.2, 0.25) is 0 Å². The van der Waals surface area contributed by atoms with Crippen LogP contribution >= 0.6 is 0 Å². The molecule has 1 fully saturated rings. The quantitative estimate of drug-likeness (QED) is 0.632. The molecule has 5 heteroatoms. The largest absolute Gasteiger partial charge is 0.394 e. The second-order valence-corrected chi connectivity index (χ2v) is 5.00. The molecule has 0 bridgehead atoms. The minimum Gasteiger partial charge on any atom is -0.394 e. The number of amides is 1. The molecule has 3 N–H and O–H groups in total. The lowest BCUT2D eigenvalue weighted by molar-refractivity contribution is -0.122. The topological polar surface area (TPSA) is 72.8 Å². The van der Waals surface area contributed by atoms with E-state index >= 15 is 0 Å². The van der Waals surface area contributed by atoms with Gasteiger partial charge >= 0.3 is 0 Å². The van der Waals surface area contributed by atoms with Gasteiger partial charge in [-0.3, -0.25) is 4.79 Å². The van der Waals surface area contributed by atoms with Gasteiger partial charge in [0.05, 0.1) is 12.7 Å². The maximum Gasteiger partial charge on any atom is 0.221 e. The third kappa shape index (κ3) is 6.93. The third-order valence-corrected chi connectivity index (χ3v) is 3.35. The van der Waals surface area contributed by atoms with Gasteiger partial charge in [0.2, 0.25) is 5.91 Å². The van der Waals surface area contributed by atoms with Crippen molar-refractivity contribution in [2.75, 3.05) is 32.8 Å². The second kappa shape index (κ2) is 9.30. The zero-order valence-electron chi connectivity index (χ0n) is 11.1. The number of rotatable bonds is 6. The summed E-state index contributed by atoms with van der Waals surface area (Å²) < 4.78 is 0. The first kappa shape index (κ1) is 15.4. The molecule has 0 saturated carbocycles. The van der Waals surface area contributed by atoms with Gasteiger partial charge in [-0.25, -0.2) is 0 Å². The summed E-state index contributed by atoms with van der Waals surface area (Å²) >= 11 is 0. The molecular formula is C13H26N2O3. The van der Waals surface area contributed by atoms with Crippen LogP contribution in [-0.4, -0.2) is 59.9 Å². The average molecular weight is 258 g/mol. The van der Waals surface area contributed by atoms with Gasteiger partial charge in [0.25, 0.3) is 0 Å². The number of carbonyl (C=O) groups is 1. The summed E-state index contributed by atoms with van der Waals surface area (Å²) in [5, 5.41) is 20.4. The molecule has 106 valence electrons. The van der Waals surface area contributed by atoms with E-state index < -0.39 is 6.10 Å². The van der Waals surface area contributed by atoms with Crippen molar-refractivity contribution in [1.82, 2.24) is 10.2 Å². The Bertz CT molecular complexity index is 228. The molecule has 1 rings (SSSR count). The summed E-state index contributed by atoms with van der Waals surface area (Å²) in [4.78, 5) is 13.9. The van der Waals surface area contributed by atoms with Gasteiger partial charge < -0.3 is 20.4 Å². The maximum atomic E-state index is 11.5. The van der Waals surface area contributed by atoms with E-state index in [4.69, 9.17) is 10.2 Å². The van der Waals surface area contributed by atoms with Gasteiger partial charge in [0, 0.05) is 19.5 Å². The van der Waals surface area contributed by atoms with Crippen LogP contribution in [0.3, 0.4) is 0 Å². The highest BCUT2D eigenvalue weighted by atomic mass is 16.3. The minimum atomic E-state index is -0.851. The molecule has 1 aliphatic rings. The van der Waals surface area contributed by atoms with Gasteiger partial charge in [0.15, 0.2) is 0 Å². The monoisotopic (exact) mass is 258 g/mol. The number of carbonyl (C=O) groups excluding carboxylic acids is 1. The number of aliphatic hydroxyl groups is 2. The maximum absolute atomic E-state index is 11.5. The normalized spacial score (nSPS) is 19.9. The van der Waals surface area contributed by atoms with E-state index in [1.165, 1.54) is 32.1 Å². The first-order valence-corrected chi connectivity index (χ1v) is 7.00. The standard InChI is InChI=1S/C13H26N2O3/c16-11-12(17)10-14-13(18)6-9-15-7-4-2-1-3-5-8-15/h12,16-17H,1-11H2,(H,14,18)/t12-/m1/s1. The van der Waals surface area contributed by atoms with Gasteiger partial charge in [-0.15, -0.1) is 0 Å². The predicted molar refractivity (Wildman–Crippen MR) is 70.2 cm³/mol. The molecule has 0 unspecified atom stereocenters. The van der Waals surface area contributed by atoms with Crippen LogP contribution in [-0.2, 0) is 4.79 Å². The van der Waals surface area contributed by atoms with E-state index in [-0.39, 0.29) is 19.1 Å². The Kier molecular flexibility index (Phi) is 7.96. The van der Waals surface area contributed by atoms with E-state index in [1.807, 2.05) is 0 Å². The van der Waals surface area contributed by atoms with Crippen LogP contribution in [0.4, 0.5) is 0 Å². The minimum absolute atomic E-state index is 0.0513. The molecule has 5 nitrogen and oxygen atoms in total. The molecule has 0 aromatic carbocycles. The third-order valence-electron chi connectivity index (χ3n) is 3.35. The van der Waals surface area contributed by atoms with E-state index in [0.717, 1.165) is 19.6 Å². The first-order chi connectivity index (χ1) is 8.72. The molecule has 0 aliphatic carbocycles. The van der Waals surface area contributed by atoms with Crippen molar-refractivity contribution in [2.45, 2.75) is 44.6 Å². The Labute approximate surface area is 109 Å². The summed E-state index contributed by atoms with van der Waals surface area (Å²) in [6, 6.07) is 0. The highest BCUT2D eigenvalue weighted by molar-refractivity contribution is 5.76. The summed E-state index contributed by atoms with van der Waals surface area (Å²) in [7, 11) is 0. The predicted octanol–water partition coefficient (Wildman–Crippen LogP) is 0.112. The highest BCUT2D eigenvalue weighted by Crippen LogP contribution is 2.10. The Morgan fingerprint density at radius 3 is 2.39 bits per heavy atom. The van der Waals surface area contributed by atoms with Gasteiger partial charge in [-0.1, -0.05) is 19.3 Å². The SMILES string of the molecule is O=C(CCN1CCCCCCC1)NC[C@@H](O)CO. The Balaban J connectivity index is 2.12. The lowest BCUT2D eigenvalue weighted by Crippen LogP contribution is -2.36. The van der Waals surface area contributed by atoms with Crippen molar-refractivity contribution < 1.29 is 15.0 Å². The number of nitrogens with zero attached hydrogens (tertiary/aromatic N) is 1. The molecule has 0 radical (unpaired) electrons. The Morgan fingerprint density at radius 1 is 1.17 bits per heavy atom. The fourth-order valence-corrected chi connectivity index (χ4v) is 2.18. The zero-order chi connectivity index (χ0) is 13.2. The van der Waals surface area contributed by atoms with Crippen LogP contribution in [0.15, 0.2) is 0 Å². The lowest BCUT2D eigenvalue weighted by Gasteiger charge is -2.24. The molecule has 1 aliphatic heterocycles. The van der Waals surface area contributed by atoms with Crippen LogP contribution in [0.25, 0.3) is 0 Å². The summed E-state index contributed by atoms with van der Waals surface area (Å²) in [5.74, 6) is -0.0513. The molecule has 1 heterocycles. The Hall–Kier alpha value is -0.650. The Morgan fingerprint density at radius 2 is 1.78 bits per heavy atom. The van der Waals surface area contributed by atoms with Gasteiger partial charge in [0.1, 0.15) is 0 Å². The van der Waals surface area contributed by atoms with E-state index in [2.05, 4.69) is 10.2 Å². The van der Waals surface area contributed by atoms with Gasteiger partial charge in [-0.05, 0) is 25.9 Å². The number of hydrogen-bond donors (Lipinski definition) is 3. The van der Waals surface area contributed by atoms with Crippen molar-refractivity contribution in [3.63, 3.8) is 0 Å². The smallest absolute Gasteiger partial charge is 0.221 e. The lowest BCUT2D eigenvalue weighted by atomic mass is 10.1. The van der Waals surface area contributed by atoms with Crippen molar-refractivity contribution in [1.29, 1.82) is 0 Å². The number of hydrogen-bond acceptors (Lipinski definition) is 4. The van der Waals surface area contributed by atoms with E-state index in [1.54, 1.807) is 0 Å². The molecule has 1 saturated heterocycles. The number of likely N-dealkylation sites (tertiary alicyclic amines) is 1. The van der Waals surface area contributed by atoms with E-state index in [9.17, 15) is 4.79 Å². The summed E-state index contributed by atoms with van der Waals surface area (Å²) in [5.41, 5.74) is 0. The zero-order valence-corrected chi connectivity index (χ0v) is 11.1. The van der Waals surface area contributed by atoms with Crippen LogP contribution < -0.4 is 5.32 Å². The van der Waals surface area contributed by atoms with Crippen molar-refractivity contribution in [3.05, 3.63) is 0 Å². The number of aliphatic hydroxyl groups excluding tert-OH is 2. The van der Waals surface area contributed by atoms with Gasteiger partial charge in [-0.2, -0.15) is 0 Å². The number of nitrogens with one attached hydrogen (secondary N) is 1. The fraction of sp³-hybridized carbons (Fsp3) is 0.923. The molecule has 1 amide bonds. The second-order valence-electron chi connectivity index (χ2n) is 5.00. The molecule has 0 aromatic rings. The fourth-order valence-electron chi connectivity index (χ4n) is 2.18. The molecular weight excluding hydrogens is 232 g/mol. The average Bonchev–Trinajstić information content (AvgIpc) is 2.34. The summed E-state index contributed by atoms with van der Waals surface area (Å²) in [6.45, 7) is 2.79. The van der Waals surface area contributed by atoms with Crippen LogP contribution in [0.1, 0.15) is 38.5 Å². The molecule has 0 aromatic heterocycles. The van der Waals surface area contributed by atoms with Crippen molar-refractivity contribution in [3.8, 4) is 0 Å². The molecule has 0 spiro atoms. The van der Waals surface area contributed by atoms with Crippen LogP contribution in [0, 0.1) is 0 Å². The highest BCUT2D eigenvalue weighted by Gasteiger charge is 2.11. The molecule has 1 atom stereocenters. The first-order valence-electron chi connectivity index (χ1n) is 7.00. The van der Waals surface area contributed by atoms with E-state index in [0.29, 0.717) is 6.42 Å². The summed E-state index contributed by atoms with van der Waals surface area (Å²) in [6.07, 6.45) is 6.01.